The molecule has 1 aliphatic rings. The van der Waals surface area contributed by atoms with Gasteiger partial charge in [-0.05, 0) is 36.2 Å². The van der Waals surface area contributed by atoms with E-state index < -0.39 is 6.10 Å². The van der Waals surface area contributed by atoms with Gasteiger partial charge in [0.1, 0.15) is 18.2 Å². The minimum atomic E-state index is -0.692. The van der Waals surface area contributed by atoms with Crippen molar-refractivity contribution in [1.29, 1.82) is 0 Å². The molecule has 0 bridgehead atoms. The van der Waals surface area contributed by atoms with Crippen molar-refractivity contribution in [2.75, 3.05) is 13.2 Å². The highest BCUT2D eigenvalue weighted by molar-refractivity contribution is 6.31. The van der Waals surface area contributed by atoms with Crippen LogP contribution in [0.25, 0.3) is 0 Å². The lowest BCUT2D eigenvalue weighted by atomic mass is 10.0. The topological polar surface area (TPSA) is 41.5 Å². The van der Waals surface area contributed by atoms with Crippen molar-refractivity contribution in [3.8, 4) is 5.75 Å². The van der Waals surface area contributed by atoms with E-state index in [2.05, 4.69) is 5.32 Å². The molecule has 5 heteroatoms. The van der Waals surface area contributed by atoms with Crippen LogP contribution in [0.3, 0.4) is 0 Å². The first-order valence-electron chi connectivity index (χ1n) is 7.20. The monoisotopic (exact) mass is 321 g/mol. The van der Waals surface area contributed by atoms with Gasteiger partial charge in [0.05, 0.1) is 6.10 Å². The average molecular weight is 322 g/mol. The van der Waals surface area contributed by atoms with Gasteiger partial charge in [-0.2, -0.15) is 0 Å². The summed E-state index contributed by atoms with van der Waals surface area (Å²) in [5.41, 5.74) is 1.54. The fraction of sp³-hybridized carbons (Fsp3) is 0.294. The molecule has 2 N–H and O–H groups in total. The Balaban J connectivity index is 1.60. The summed E-state index contributed by atoms with van der Waals surface area (Å²) < 4.78 is 18.9. The summed E-state index contributed by atoms with van der Waals surface area (Å²) in [6.07, 6.45) is -0.0230. The van der Waals surface area contributed by atoms with Gasteiger partial charge in [-0.1, -0.05) is 29.8 Å². The molecule has 0 aliphatic carbocycles. The Hall–Kier alpha value is -1.62. The van der Waals surface area contributed by atoms with E-state index in [0.717, 1.165) is 11.3 Å². The fourth-order valence-electron chi connectivity index (χ4n) is 2.63. The van der Waals surface area contributed by atoms with Crippen molar-refractivity contribution < 1.29 is 14.2 Å². The van der Waals surface area contributed by atoms with Crippen LogP contribution in [0.1, 0.15) is 17.2 Å². The number of rotatable bonds is 4. The predicted octanol–water partition coefficient (Wildman–Crippen LogP) is 3.11. The number of ether oxygens (including phenoxy) is 1. The number of aliphatic hydroxyl groups is 1. The Morgan fingerprint density at radius 2 is 2.14 bits per heavy atom. The van der Waals surface area contributed by atoms with Crippen LogP contribution in [0.15, 0.2) is 42.5 Å². The third-order valence-electron chi connectivity index (χ3n) is 3.79. The number of fused-ring (bicyclic) bond motifs is 1. The van der Waals surface area contributed by atoms with Crippen LogP contribution < -0.4 is 10.1 Å². The minimum Gasteiger partial charge on any atom is -0.492 e. The molecule has 0 amide bonds. The molecule has 1 aliphatic heterocycles. The van der Waals surface area contributed by atoms with Crippen LogP contribution >= 0.6 is 11.6 Å². The van der Waals surface area contributed by atoms with Crippen LogP contribution in [0, 0.1) is 5.82 Å². The third kappa shape index (κ3) is 3.40. The van der Waals surface area contributed by atoms with Crippen LogP contribution in [0.2, 0.25) is 5.02 Å². The molecule has 22 heavy (non-hydrogen) atoms. The molecule has 3 nitrogen and oxygen atoms in total. The second-order valence-electron chi connectivity index (χ2n) is 5.41. The van der Waals surface area contributed by atoms with Gasteiger partial charge in [0.2, 0.25) is 0 Å². The molecule has 2 atom stereocenters. The second-order valence-corrected chi connectivity index (χ2v) is 5.82. The number of hydrogen-bond acceptors (Lipinski definition) is 3. The predicted molar refractivity (Wildman–Crippen MR) is 83.8 cm³/mol. The van der Waals surface area contributed by atoms with Crippen molar-refractivity contribution in [2.24, 2.45) is 0 Å². The number of hydrogen-bond donors (Lipinski definition) is 2. The van der Waals surface area contributed by atoms with E-state index in [4.69, 9.17) is 16.3 Å². The SMILES string of the molecule is O[C@@H](CNC1COc2ccc(F)cc2C1)c1ccccc1Cl. The largest absolute Gasteiger partial charge is 0.492 e. The first kappa shape index (κ1) is 15.3. The van der Waals surface area contributed by atoms with Crippen molar-refractivity contribution in [3.63, 3.8) is 0 Å². The maximum atomic E-state index is 13.3. The molecule has 1 unspecified atom stereocenters. The first-order valence-corrected chi connectivity index (χ1v) is 7.58. The number of halogens is 2. The molecule has 0 radical (unpaired) electrons. The summed E-state index contributed by atoms with van der Waals surface area (Å²) in [6, 6.07) is 11.8. The summed E-state index contributed by atoms with van der Waals surface area (Å²) in [5, 5.41) is 14.0. The second kappa shape index (κ2) is 6.65. The van der Waals surface area contributed by atoms with E-state index in [-0.39, 0.29) is 11.9 Å². The molecule has 0 aromatic heterocycles. The number of aliphatic hydroxyl groups excluding tert-OH is 1. The summed E-state index contributed by atoms with van der Waals surface area (Å²) in [4.78, 5) is 0. The maximum absolute atomic E-state index is 13.3. The molecule has 0 saturated heterocycles. The molecular formula is C17H17ClFNO2. The Bertz CT molecular complexity index is 665. The van der Waals surface area contributed by atoms with Crippen LogP contribution in [-0.4, -0.2) is 24.3 Å². The van der Waals surface area contributed by atoms with E-state index in [1.807, 2.05) is 12.1 Å². The highest BCUT2D eigenvalue weighted by atomic mass is 35.5. The smallest absolute Gasteiger partial charge is 0.123 e. The highest BCUT2D eigenvalue weighted by Crippen LogP contribution is 2.26. The molecule has 1 heterocycles. The van der Waals surface area contributed by atoms with E-state index >= 15 is 0 Å². The lowest BCUT2D eigenvalue weighted by Gasteiger charge is -2.27. The standard InChI is InChI=1S/C17H17ClFNO2/c18-15-4-2-1-3-14(15)16(21)9-20-13-8-11-7-12(19)5-6-17(11)22-10-13/h1-7,13,16,20-21H,8-10H2/t13?,16-/m0/s1. The Morgan fingerprint density at radius 1 is 1.32 bits per heavy atom. The third-order valence-corrected chi connectivity index (χ3v) is 4.14. The van der Waals surface area contributed by atoms with Gasteiger partial charge in [-0.15, -0.1) is 0 Å². The molecule has 116 valence electrons. The van der Waals surface area contributed by atoms with Gasteiger partial charge >= 0.3 is 0 Å². The Kier molecular flexibility index (Phi) is 4.62. The summed E-state index contributed by atoms with van der Waals surface area (Å²) in [5.74, 6) is 0.463. The Morgan fingerprint density at radius 3 is 2.95 bits per heavy atom. The van der Waals surface area contributed by atoms with E-state index in [0.29, 0.717) is 30.2 Å². The van der Waals surface area contributed by atoms with Gasteiger partial charge in [0, 0.05) is 23.2 Å². The molecule has 0 saturated carbocycles. The molecule has 2 aromatic carbocycles. The van der Waals surface area contributed by atoms with Gasteiger partial charge in [-0.3, -0.25) is 0 Å². The number of benzene rings is 2. The van der Waals surface area contributed by atoms with Crippen LogP contribution in [0.4, 0.5) is 4.39 Å². The average Bonchev–Trinajstić information content (AvgIpc) is 2.52. The van der Waals surface area contributed by atoms with Crippen LogP contribution in [0.5, 0.6) is 5.75 Å². The van der Waals surface area contributed by atoms with Gasteiger partial charge in [-0.25, -0.2) is 4.39 Å². The van der Waals surface area contributed by atoms with Crippen molar-refractivity contribution >= 4 is 11.6 Å². The zero-order valence-electron chi connectivity index (χ0n) is 11.9. The van der Waals surface area contributed by atoms with E-state index in [1.54, 1.807) is 18.2 Å². The normalized spacial score (nSPS) is 18.4. The first-order chi connectivity index (χ1) is 10.6. The van der Waals surface area contributed by atoms with Gasteiger partial charge in [0.25, 0.3) is 0 Å². The van der Waals surface area contributed by atoms with Crippen molar-refractivity contribution in [1.82, 2.24) is 5.32 Å². The van der Waals surface area contributed by atoms with Gasteiger partial charge in [0.15, 0.2) is 0 Å². The summed E-state index contributed by atoms with van der Waals surface area (Å²) in [7, 11) is 0. The lowest BCUT2D eigenvalue weighted by Crippen LogP contribution is -2.41. The van der Waals surface area contributed by atoms with Crippen molar-refractivity contribution in [2.45, 2.75) is 18.6 Å². The van der Waals surface area contributed by atoms with Crippen molar-refractivity contribution in [3.05, 3.63) is 64.4 Å². The van der Waals surface area contributed by atoms with Crippen LogP contribution in [-0.2, 0) is 6.42 Å². The maximum Gasteiger partial charge on any atom is 0.123 e. The minimum absolute atomic E-state index is 0.0337. The molecule has 0 fully saturated rings. The molecule has 0 spiro atoms. The molecule has 2 aromatic rings. The zero-order valence-corrected chi connectivity index (χ0v) is 12.7. The fourth-order valence-corrected chi connectivity index (χ4v) is 2.89. The number of nitrogens with one attached hydrogen (secondary N) is 1. The van der Waals surface area contributed by atoms with E-state index in [9.17, 15) is 9.50 Å². The summed E-state index contributed by atoms with van der Waals surface area (Å²) >= 11 is 6.07. The quantitative estimate of drug-likeness (QED) is 0.909. The van der Waals surface area contributed by atoms with Gasteiger partial charge < -0.3 is 15.2 Å². The Labute approximate surface area is 133 Å². The van der Waals surface area contributed by atoms with E-state index in [1.165, 1.54) is 12.1 Å². The lowest BCUT2D eigenvalue weighted by molar-refractivity contribution is 0.157. The molecular weight excluding hydrogens is 305 g/mol. The zero-order chi connectivity index (χ0) is 15.5. The summed E-state index contributed by atoms with van der Waals surface area (Å²) in [6.45, 7) is 0.857. The highest BCUT2D eigenvalue weighted by Gasteiger charge is 2.21. The molecule has 3 rings (SSSR count).